The highest BCUT2D eigenvalue weighted by Gasteiger charge is 2.48. The average Bonchev–Trinajstić information content (AvgIpc) is 3.29. The maximum Gasteiger partial charge on any atom is 0.274 e. The van der Waals surface area contributed by atoms with Crippen LogP contribution >= 0.6 is 11.5 Å². The third-order valence-electron chi connectivity index (χ3n) is 5.40. The zero-order valence-corrected chi connectivity index (χ0v) is 16.3. The van der Waals surface area contributed by atoms with E-state index >= 15 is 0 Å². The van der Waals surface area contributed by atoms with Crippen molar-refractivity contribution in [3.63, 3.8) is 0 Å². The van der Waals surface area contributed by atoms with Crippen LogP contribution in [0.25, 0.3) is 10.1 Å². The number of halogens is 2. The molecule has 0 saturated heterocycles. The lowest BCUT2D eigenvalue weighted by Crippen LogP contribution is -2.51. The average molecular weight is 413 g/mol. The summed E-state index contributed by atoms with van der Waals surface area (Å²) in [5.74, 6) is -2.28. The molecule has 29 heavy (non-hydrogen) atoms. The molecular formula is C20H17F2N5OS. The van der Waals surface area contributed by atoms with Gasteiger partial charge in [0.05, 0.1) is 11.2 Å². The molecular weight excluding hydrogens is 396 g/mol. The molecule has 0 spiro atoms. The zero-order valence-electron chi connectivity index (χ0n) is 15.5. The van der Waals surface area contributed by atoms with Gasteiger partial charge in [-0.15, -0.1) is 0 Å². The quantitative estimate of drug-likeness (QED) is 0.706. The molecule has 148 valence electrons. The summed E-state index contributed by atoms with van der Waals surface area (Å²) in [5, 5.41) is 4.00. The van der Waals surface area contributed by atoms with Crippen LogP contribution < -0.4 is 5.32 Å². The van der Waals surface area contributed by atoms with Gasteiger partial charge in [0.2, 0.25) is 0 Å². The molecule has 3 heterocycles. The van der Waals surface area contributed by atoms with Crippen molar-refractivity contribution in [1.29, 1.82) is 0 Å². The Hall–Kier alpha value is -2.94. The summed E-state index contributed by atoms with van der Waals surface area (Å²) in [4.78, 5) is 23.0. The van der Waals surface area contributed by atoms with E-state index in [9.17, 15) is 13.6 Å². The van der Waals surface area contributed by atoms with E-state index in [4.69, 9.17) is 0 Å². The predicted octanol–water partition coefficient (Wildman–Crippen LogP) is 3.93. The van der Waals surface area contributed by atoms with E-state index in [1.807, 2.05) is 30.3 Å². The number of nitrogens with zero attached hydrogens (tertiary/aromatic N) is 4. The molecule has 5 rings (SSSR count). The van der Waals surface area contributed by atoms with E-state index in [0.29, 0.717) is 18.1 Å². The van der Waals surface area contributed by atoms with Crippen LogP contribution in [0.2, 0.25) is 0 Å². The lowest BCUT2D eigenvalue weighted by atomic mass is 9.87. The highest BCUT2D eigenvalue weighted by molar-refractivity contribution is 7.13. The molecule has 1 N–H and O–H groups in total. The maximum atomic E-state index is 13.1. The Bertz CT molecular complexity index is 1150. The number of fused-ring (bicyclic) bond motifs is 2. The summed E-state index contributed by atoms with van der Waals surface area (Å²) in [6.07, 6.45) is 1.16. The van der Waals surface area contributed by atoms with Gasteiger partial charge in [0.25, 0.3) is 11.8 Å². The van der Waals surface area contributed by atoms with E-state index in [-0.39, 0.29) is 18.7 Å². The number of carbonyl (C=O) groups is 1. The van der Waals surface area contributed by atoms with Gasteiger partial charge in [-0.25, -0.2) is 8.78 Å². The van der Waals surface area contributed by atoms with E-state index in [1.54, 1.807) is 13.2 Å². The zero-order chi connectivity index (χ0) is 20.2. The molecule has 1 fully saturated rings. The number of anilines is 1. The Morgan fingerprint density at radius 1 is 1.31 bits per heavy atom. The van der Waals surface area contributed by atoms with Crippen molar-refractivity contribution < 1.29 is 13.6 Å². The van der Waals surface area contributed by atoms with E-state index in [1.165, 1.54) is 16.4 Å². The molecule has 2 aliphatic rings. The molecule has 9 heteroatoms. The fraction of sp³-hybridized carbons (Fsp3) is 0.300. The lowest BCUT2D eigenvalue weighted by Gasteiger charge is -2.40. The Labute approximate surface area is 169 Å². The van der Waals surface area contributed by atoms with Gasteiger partial charge in [0.15, 0.2) is 5.84 Å². The number of pyridine rings is 1. The summed E-state index contributed by atoms with van der Waals surface area (Å²) in [7, 11) is 1.56. The highest BCUT2D eigenvalue weighted by atomic mass is 32.1. The number of hydrogen-bond acceptors (Lipinski definition) is 6. The van der Waals surface area contributed by atoms with Crippen LogP contribution in [0.15, 0.2) is 41.5 Å². The minimum Gasteiger partial charge on any atom is -0.339 e. The van der Waals surface area contributed by atoms with Gasteiger partial charge in [-0.1, -0.05) is 6.07 Å². The van der Waals surface area contributed by atoms with Crippen molar-refractivity contribution in [2.24, 2.45) is 4.99 Å². The molecule has 0 bridgehead atoms. The number of aliphatic imine (C=N–C) groups is 1. The number of alkyl halides is 2. The maximum absolute atomic E-state index is 13.1. The topological polar surface area (TPSA) is 70.5 Å². The Morgan fingerprint density at radius 3 is 2.93 bits per heavy atom. The molecule has 1 aliphatic carbocycles. The van der Waals surface area contributed by atoms with Crippen LogP contribution in [0, 0.1) is 0 Å². The molecule has 0 atom stereocenters. The number of rotatable bonds is 3. The van der Waals surface area contributed by atoms with E-state index < -0.39 is 12.0 Å². The monoisotopic (exact) mass is 413 g/mol. The molecule has 3 aromatic rings. The molecule has 0 unspecified atom stereocenters. The number of benzene rings is 1. The predicted molar refractivity (Wildman–Crippen MR) is 108 cm³/mol. The number of amides is 1. The number of amidine groups is 1. The first kappa shape index (κ1) is 18.1. The normalized spacial score (nSPS) is 17.6. The number of hydrogen-bond donors (Lipinski definition) is 1. The second-order valence-corrected chi connectivity index (χ2v) is 8.18. The third-order valence-corrected chi connectivity index (χ3v) is 6.21. The Kier molecular flexibility index (Phi) is 4.09. The van der Waals surface area contributed by atoms with Gasteiger partial charge in [-0.05, 0) is 35.8 Å². The van der Waals surface area contributed by atoms with Crippen molar-refractivity contribution in [1.82, 2.24) is 14.3 Å². The summed E-state index contributed by atoms with van der Waals surface area (Å²) >= 11 is 1.21. The van der Waals surface area contributed by atoms with Crippen LogP contribution in [-0.4, -0.2) is 45.0 Å². The van der Waals surface area contributed by atoms with Crippen molar-refractivity contribution in [3.05, 3.63) is 53.5 Å². The van der Waals surface area contributed by atoms with Gasteiger partial charge in [0, 0.05) is 48.8 Å². The fourth-order valence-corrected chi connectivity index (χ4v) is 4.47. The molecule has 1 amide bonds. The first-order valence-electron chi connectivity index (χ1n) is 9.21. The molecule has 0 radical (unpaired) electrons. The van der Waals surface area contributed by atoms with Gasteiger partial charge in [-0.3, -0.25) is 14.8 Å². The first-order chi connectivity index (χ1) is 13.9. The number of nitrogens with one attached hydrogen (secondary N) is 1. The second-order valence-electron chi connectivity index (χ2n) is 7.38. The van der Waals surface area contributed by atoms with Crippen LogP contribution in [0.3, 0.4) is 0 Å². The van der Waals surface area contributed by atoms with Gasteiger partial charge < -0.3 is 10.2 Å². The second kappa shape index (κ2) is 6.55. The SMILES string of the molecule is CN(C(=O)c1nsc2cc(NC3=NCc4cccnc43)ccc12)C1CC(F)(F)C1. The van der Waals surface area contributed by atoms with Crippen molar-refractivity contribution in [3.8, 4) is 0 Å². The summed E-state index contributed by atoms with van der Waals surface area (Å²) in [5.41, 5.74) is 3.04. The smallest absolute Gasteiger partial charge is 0.274 e. The Morgan fingerprint density at radius 2 is 2.14 bits per heavy atom. The van der Waals surface area contributed by atoms with Crippen LogP contribution in [0.1, 0.15) is 34.6 Å². The van der Waals surface area contributed by atoms with Crippen molar-refractivity contribution >= 4 is 39.0 Å². The largest absolute Gasteiger partial charge is 0.339 e. The number of carbonyl (C=O) groups excluding carboxylic acids is 1. The van der Waals surface area contributed by atoms with Gasteiger partial charge in [-0.2, -0.15) is 4.37 Å². The fourth-order valence-electron chi connectivity index (χ4n) is 3.66. The highest BCUT2D eigenvalue weighted by Crippen LogP contribution is 2.40. The molecule has 6 nitrogen and oxygen atoms in total. The molecule has 1 aliphatic heterocycles. The summed E-state index contributed by atoms with van der Waals surface area (Å²) in [6, 6.07) is 9.04. The van der Waals surface area contributed by atoms with E-state index in [2.05, 4.69) is 19.7 Å². The molecule has 1 aromatic carbocycles. The summed E-state index contributed by atoms with van der Waals surface area (Å²) < 4.78 is 31.4. The van der Waals surface area contributed by atoms with Gasteiger partial charge in [0.1, 0.15) is 11.4 Å². The lowest BCUT2D eigenvalue weighted by molar-refractivity contribution is -0.112. The van der Waals surface area contributed by atoms with Gasteiger partial charge >= 0.3 is 0 Å². The summed E-state index contributed by atoms with van der Waals surface area (Å²) in [6.45, 7) is 0.597. The minimum atomic E-state index is -2.67. The third kappa shape index (κ3) is 3.15. The standard InChI is InChI=1S/C20H17F2N5OS/c1-27(13-8-20(21,22)9-13)19(28)17-14-5-4-12(7-15(14)29-26-17)25-18-16-11(10-24-18)3-2-6-23-16/h2-7,13H,8-10H2,1H3,(H,24,25). The Balaban J connectivity index is 1.36. The molecule has 2 aromatic heterocycles. The molecule has 1 saturated carbocycles. The first-order valence-corrected chi connectivity index (χ1v) is 9.99. The van der Waals surface area contributed by atoms with E-state index in [0.717, 1.165) is 27.0 Å². The van der Waals surface area contributed by atoms with Crippen LogP contribution in [-0.2, 0) is 6.54 Å². The minimum absolute atomic E-state index is 0.289. The van der Waals surface area contributed by atoms with Crippen LogP contribution in [0.4, 0.5) is 14.5 Å². The van der Waals surface area contributed by atoms with Crippen molar-refractivity contribution in [2.75, 3.05) is 12.4 Å². The number of aromatic nitrogens is 2. The van der Waals surface area contributed by atoms with Crippen LogP contribution in [0.5, 0.6) is 0 Å². The van der Waals surface area contributed by atoms with Crippen molar-refractivity contribution in [2.45, 2.75) is 31.4 Å².